The zero-order valence-corrected chi connectivity index (χ0v) is 23.1. The molecule has 1 heterocycles. The van der Waals surface area contributed by atoms with Gasteiger partial charge in [0.25, 0.3) is 0 Å². The summed E-state index contributed by atoms with van der Waals surface area (Å²) in [7, 11) is 0. The van der Waals surface area contributed by atoms with Crippen LogP contribution in [0.25, 0.3) is 0 Å². The standard InChI is InChI=1S/C28H41BrN4O2/c1-4-5-17-30-28(35)32(22(2)3)21-27(34)33(25-10-7-6-8-11-25)20-26-12-9-18-31(26)19-23-13-15-24(29)16-14-23/h9,12-16,18,22,25H,4-8,10-11,17,19-21H2,1-3H3,(H,30,35). The van der Waals surface area contributed by atoms with Crippen LogP contribution in [0.4, 0.5) is 4.79 Å². The molecule has 192 valence electrons. The van der Waals surface area contributed by atoms with E-state index in [1.54, 1.807) is 4.90 Å². The summed E-state index contributed by atoms with van der Waals surface area (Å²) in [5.41, 5.74) is 2.34. The molecule has 0 radical (unpaired) electrons. The first-order valence-electron chi connectivity index (χ1n) is 13.1. The zero-order chi connectivity index (χ0) is 25.2. The molecule has 0 spiro atoms. The van der Waals surface area contributed by atoms with Gasteiger partial charge in [0.15, 0.2) is 0 Å². The molecule has 35 heavy (non-hydrogen) atoms. The molecule has 3 rings (SSSR count). The summed E-state index contributed by atoms with van der Waals surface area (Å²) >= 11 is 3.50. The number of aromatic nitrogens is 1. The van der Waals surface area contributed by atoms with Crippen LogP contribution in [0.2, 0.25) is 0 Å². The van der Waals surface area contributed by atoms with Crippen LogP contribution >= 0.6 is 15.9 Å². The molecule has 6 nitrogen and oxygen atoms in total. The molecule has 1 fully saturated rings. The Balaban J connectivity index is 1.75. The first-order valence-corrected chi connectivity index (χ1v) is 13.9. The molecule has 0 aliphatic heterocycles. The summed E-state index contributed by atoms with van der Waals surface area (Å²) in [6, 6.07) is 12.6. The van der Waals surface area contributed by atoms with Crippen molar-refractivity contribution in [1.82, 2.24) is 19.7 Å². The highest BCUT2D eigenvalue weighted by Crippen LogP contribution is 2.25. The number of carbonyl (C=O) groups excluding carboxylic acids is 2. The first-order chi connectivity index (χ1) is 16.9. The third-order valence-corrected chi connectivity index (χ3v) is 7.38. The number of urea groups is 1. The zero-order valence-electron chi connectivity index (χ0n) is 21.5. The minimum Gasteiger partial charge on any atom is -0.345 e. The number of carbonyl (C=O) groups is 2. The quantitative estimate of drug-likeness (QED) is 0.343. The molecule has 3 amide bonds. The summed E-state index contributed by atoms with van der Waals surface area (Å²) in [5, 5.41) is 2.98. The highest BCUT2D eigenvalue weighted by atomic mass is 79.9. The number of halogens is 1. The lowest BCUT2D eigenvalue weighted by Gasteiger charge is -2.37. The summed E-state index contributed by atoms with van der Waals surface area (Å²) in [6.45, 7) is 8.13. The predicted octanol–water partition coefficient (Wildman–Crippen LogP) is 6.18. The smallest absolute Gasteiger partial charge is 0.318 e. The number of nitrogens with zero attached hydrogens (tertiary/aromatic N) is 3. The number of nitrogens with one attached hydrogen (secondary N) is 1. The van der Waals surface area contributed by atoms with Crippen LogP contribution in [0.15, 0.2) is 47.1 Å². The second kappa shape index (κ2) is 13.7. The molecule has 1 aliphatic carbocycles. The van der Waals surface area contributed by atoms with Crippen molar-refractivity contribution in [2.45, 2.75) is 90.9 Å². The van der Waals surface area contributed by atoms with E-state index in [1.807, 2.05) is 18.7 Å². The lowest BCUT2D eigenvalue weighted by Crippen LogP contribution is -2.51. The third kappa shape index (κ3) is 8.13. The van der Waals surface area contributed by atoms with Crippen molar-refractivity contribution in [1.29, 1.82) is 0 Å². The van der Waals surface area contributed by atoms with Crippen molar-refractivity contribution < 1.29 is 9.59 Å². The average molecular weight is 546 g/mol. The lowest BCUT2D eigenvalue weighted by molar-refractivity contribution is -0.136. The summed E-state index contributed by atoms with van der Waals surface area (Å²) in [6.07, 6.45) is 9.65. The largest absolute Gasteiger partial charge is 0.345 e. The molecule has 1 aromatic carbocycles. The second-order valence-corrected chi connectivity index (χ2v) is 10.8. The molecule has 1 saturated carbocycles. The van der Waals surface area contributed by atoms with E-state index in [-0.39, 0.29) is 30.6 Å². The number of amides is 3. The van der Waals surface area contributed by atoms with Gasteiger partial charge in [-0.1, -0.05) is 60.7 Å². The maximum Gasteiger partial charge on any atom is 0.318 e. The number of rotatable bonds is 11. The van der Waals surface area contributed by atoms with Gasteiger partial charge in [0.1, 0.15) is 6.54 Å². The molecule has 0 unspecified atom stereocenters. The van der Waals surface area contributed by atoms with Crippen LogP contribution in [-0.2, 0) is 17.9 Å². The number of hydrogen-bond donors (Lipinski definition) is 1. The van der Waals surface area contributed by atoms with Crippen LogP contribution < -0.4 is 5.32 Å². The van der Waals surface area contributed by atoms with E-state index in [2.05, 4.69) is 75.3 Å². The molecule has 2 aromatic rings. The van der Waals surface area contributed by atoms with Gasteiger partial charge in [-0.2, -0.15) is 0 Å². The molecule has 7 heteroatoms. The van der Waals surface area contributed by atoms with Gasteiger partial charge in [-0.15, -0.1) is 0 Å². The van der Waals surface area contributed by atoms with Crippen LogP contribution in [0.3, 0.4) is 0 Å². The molecule has 1 N–H and O–H groups in total. The average Bonchev–Trinajstić information content (AvgIpc) is 3.29. The van der Waals surface area contributed by atoms with E-state index < -0.39 is 0 Å². The summed E-state index contributed by atoms with van der Waals surface area (Å²) in [4.78, 5) is 30.3. The van der Waals surface area contributed by atoms with Crippen molar-refractivity contribution in [3.05, 3.63) is 58.3 Å². The Kier molecular flexibility index (Phi) is 10.7. The predicted molar refractivity (Wildman–Crippen MR) is 145 cm³/mol. The first kappa shape index (κ1) is 27.3. The summed E-state index contributed by atoms with van der Waals surface area (Å²) < 4.78 is 3.29. The lowest BCUT2D eigenvalue weighted by atomic mass is 9.94. The SMILES string of the molecule is CCCCNC(=O)N(CC(=O)N(Cc1cccn1Cc1ccc(Br)cc1)C1CCCCC1)C(C)C. The molecular weight excluding hydrogens is 504 g/mol. The highest BCUT2D eigenvalue weighted by molar-refractivity contribution is 9.10. The van der Waals surface area contributed by atoms with E-state index in [0.717, 1.165) is 55.2 Å². The van der Waals surface area contributed by atoms with Crippen molar-refractivity contribution in [3.63, 3.8) is 0 Å². The highest BCUT2D eigenvalue weighted by Gasteiger charge is 2.29. The maximum absolute atomic E-state index is 13.7. The second-order valence-electron chi connectivity index (χ2n) is 9.87. The minimum atomic E-state index is -0.149. The number of benzene rings is 1. The van der Waals surface area contributed by atoms with Crippen LogP contribution in [-0.4, -0.2) is 51.5 Å². The van der Waals surface area contributed by atoms with E-state index in [4.69, 9.17) is 0 Å². The van der Waals surface area contributed by atoms with Crippen LogP contribution in [0, 0.1) is 0 Å². The van der Waals surface area contributed by atoms with Gasteiger partial charge in [-0.25, -0.2) is 4.79 Å². The Morgan fingerprint density at radius 1 is 1.11 bits per heavy atom. The molecular formula is C28H41BrN4O2. The Morgan fingerprint density at radius 3 is 2.49 bits per heavy atom. The van der Waals surface area contributed by atoms with Gasteiger partial charge in [0, 0.05) is 41.5 Å². The van der Waals surface area contributed by atoms with E-state index in [9.17, 15) is 9.59 Å². The van der Waals surface area contributed by atoms with Crippen molar-refractivity contribution in [3.8, 4) is 0 Å². The Morgan fingerprint density at radius 2 is 1.83 bits per heavy atom. The summed E-state index contributed by atoms with van der Waals surface area (Å²) in [5.74, 6) is 0.0348. The van der Waals surface area contributed by atoms with Gasteiger partial charge in [0.2, 0.25) is 5.91 Å². The fourth-order valence-corrected chi connectivity index (χ4v) is 4.99. The van der Waals surface area contributed by atoms with Gasteiger partial charge in [-0.05, 0) is 62.9 Å². The molecule has 1 aliphatic rings. The van der Waals surface area contributed by atoms with Crippen LogP contribution in [0.1, 0.15) is 77.0 Å². The van der Waals surface area contributed by atoms with Crippen molar-refractivity contribution in [2.75, 3.05) is 13.1 Å². The van der Waals surface area contributed by atoms with Crippen molar-refractivity contribution >= 4 is 27.9 Å². The van der Waals surface area contributed by atoms with Gasteiger partial charge in [0.05, 0.1) is 6.54 Å². The van der Waals surface area contributed by atoms with E-state index in [0.29, 0.717) is 13.1 Å². The Labute approximate surface area is 219 Å². The number of unbranched alkanes of at least 4 members (excludes halogenated alkanes) is 1. The number of hydrogen-bond acceptors (Lipinski definition) is 2. The van der Waals surface area contributed by atoms with Gasteiger partial charge >= 0.3 is 6.03 Å². The fraction of sp³-hybridized carbons (Fsp3) is 0.571. The van der Waals surface area contributed by atoms with Crippen molar-refractivity contribution in [2.24, 2.45) is 0 Å². The van der Waals surface area contributed by atoms with E-state index >= 15 is 0 Å². The van der Waals surface area contributed by atoms with E-state index in [1.165, 1.54) is 12.0 Å². The van der Waals surface area contributed by atoms with Gasteiger partial charge in [-0.3, -0.25) is 4.79 Å². The monoisotopic (exact) mass is 544 g/mol. The topological polar surface area (TPSA) is 57.6 Å². The molecule has 0 atom stereocenters. The molecule has 0 bridgehead atoms. The maximum atomic E-state index is 13.7. The molecule has 1 aromatic heterocycles. The minimum absolute atomic E-state index is 0.0348. The molecule has 0 saturated heterocycles. The van der Waals surface area contributed by atoms with Gasteiger partial charge < -0.3 is 19.7 Å². The van der Waals surface area contributed by atoms with Crippen LogP contribution in [0.5, 0.6) is 0 Å². The normalized spacial score (nSPS) is 14.2. The fourth-order valence-electron chi connectivity index (χ4n) is 4.72. The Hall–Kier alpha value is -2.28. The third-order valence-electron chi connectivity index (χ3n) is 6.85. The Bertz CT molecular complexity index is 935.